The quantitative estimate of drug-likeness (QED) is 0.670. The van der Waals surface area contributed by atoms with Crippen molar-refractivity contribution < 1.29 is 14.3 Å². The Hall–Kier alpha value is -2.93. The lowest BCUT2D eigenvalue weighted by Crippen LogP contribution is -2.33. The molecule has 1 aromatic carbocycles. The maximum atomic E-state index is 12.0. The fourth-order valence-electron chi connectivity index (χ4n) is 4.29. The van der Waals surface area contributed by atoms with E-state index in [-0.39, 0.29) is 6.09 Å². The van der Waals surface area contributed by atoms with Gasteiger partial charge in [-0.05, 0) is 100 Å². The number of piperidine rings is 1. The lowest BCUT2D eigenvalue weighted by atomic mass is 9.91. The summed E-state index contributed by atoms with van der Waals surface area (Å²) in [5.41, 5.74) is 4.23. The van der Waals surface area contributed by atoms with Gasteiger partial charge in [0.2, 0.25) is 6.41 Å². The van der Waals surface area contributed by atoms with E-state index in [4.69, 9.17) is 4.74 Å². The molecule has 2 aliphatic heterocycles. The lowest BCUT2D eigenvalue weighted by Gasteiger charge is -2.28. The first kappa shape index (κ1) is 25.7. The van der Waals surface area contributed by atoms with Crippen LogP contribution in [0.1, 0.15) is 55.9 Å². The average molecular weight is 467 g/mol. The minimum atomic E-state index is -0.481. The highest BCUT2D eigenvalue weighted by molar-refractivity contribution is 5.69. The molecule has 0 saturated carbocycles. The SMILES string of the molecule is CC(C)(C)OC(=O)N1Cc2ccc(CNC=O)cc2C1.CN1CCC(Cc2ccncc2)CC1. The number of hydrogen-bond acceptors (Lipinski definition) is 5. The molecule has 0 atom stereocenters. The van der Waals surface area contributed by atoms with E-state index in [9.17, 15) is 9.59 Å². The van der Waals surface area contributed by atoms with Crippen LogP contribution >= 0.6 is 0 Å². The van der Waals surface area contributed by atoms with Crippen molar-refractivity contribution in [3.63, 3.8) is 0 Å². The van der Waals surface area contributed by atoms with Gasteiger partial charge in [-0.2, -0.15) is 0 Å². The molecule has 0 radical (unpaired) electrons. The number of aromatic nitrogens is 1. The van der Waals surface area contributed by atoms with Gasteiger partial charge in [-0.3, -0.25) is 14.7 Å². The number of likely N-dealkylation sites (tertiary alicyclic amines) is 1. The zero-order valence-electron chi connectivity index (χ0n) is 20.9. The molecule has 7 nitrogen and oxygen atoms in total. The largest absolute Gasteiger partial charge is 0.444 e. The van der Waals surface area contributed by atoms with E-state index in [1.807, 2.05) is 51.4 Å². The van der Waals surface area contributed by atoms with E-state index in [2.05, 4.69) is 34.4 Å². The van der Waals surface area contributed by atoms with Gasteiger partial charge in [-0.1, -0.05) is 18.2 Å². The Balaban J connectivity index is 0.000000202. The number of pyridine rings is 1. The molecule has 0 spiro atoms. The van der Waals surface area contributed by atoms with Crippen LogP contribution < -0.4 is 5.32 Å². The predicted octanol–water partition coefficient (Wildman–Crippen LogP) is 4.15. The number of benzene rings is 1. The van der Waals surface area contributed by atoms with E-state index >= 15 is 0 Å². The van der Waals surface area contributed by atoms with Gasteiger partial charge >= 0.3 is 6.09 Å². The van der Waals surface area contributed by atoms with E-state index in [1.165, 1.54) is 37.9 Å². The van der Waals surface area contributed by atoms with E-state index in [0.29, 0.717) is 26.0 Å². The highest BCUT2D eigenvalue weighted by Crippen LogP contribution is 2.25. The molecule has 7 heteroatoms. The van der Waals surface area contributed by atoms with Crippen LogP contribution in [0.5, 0.6) is 0 Å². The molecule has 34 heavy (non-hydrogen) atoms. The molecule has 4 rings (SSSR count). The minimum absolute atomic E-state index is 0.290. The zero-order valence-corrected chi connectivity index (χ0v) is 20.9. The van der Waals surface area contributed by atoms with Crippen molar-refractivity contribution in [3.05, 3.63) is 65.0 Å². The topological polar surface area (TPSA) is 74.8 Å². The van der Waals surface area contributed by atoms with Crippen LogP contribution in [-0.4, -0.2) is 53.0 Å². The van der Waals surface area contributed by atoms with Gasteiger partial charge in [0.25, 0.3) is 0 Å². The van der Waals surface area contributed by atoms with Crippen LogP contribution in [0.3, 0.4) is 0 Å². The Morgan fingerprint density at radius 1 is 1.09 bits per heavy atom. The summed E-state index contributed by atoms with van der Waals surface area (Å²) in [7, 11) is 2.21. The van der Waals surface area contributed by atoms with Crippen LogP contribution in [0.4, 0.5) is 4.79 Å². The van der Waals surface area contributed by atoms with Crippen LogP contribution in [0, 0.1) is 5.92 Å². The first-order valence-corrected chi connectivity index (χ1v) is 12.1. The first-order chi connectivity index (χ1) is 16.2. The van der Waals surface area contributed by atoms with Gasteiger partial charge in [0, 0.05) is 32.0 Å². The van der Waals surface area contributed by atoms with Crippen LogP contribution in [0.2, 0.25) is 0 Å². The van der Waals surface area contributed by atoms with Crippen LogP contribution in [0.15, 0.2) is 42.7 Å². The molecular weight excluding hydrogens is 428 g/mol. The maximum Gasteiger partial charge on any atom is 0.410 e. The molecule has 1 aromatic heterocycles. The lowest BCUT2D eigenvalue weighted by molar-refractivity contribution is -0.109. The third-order valence-corrected chi connectivity index (χ3v) is 6.15. The molecule has 0 aliphatic carbocycles. The first-order valence-electron chi connectivity index (χ1n) is 12.1. The monoisotopic (exact) mass is 466 g/mol. The molecular formula is C27H38N4O3. The number of nitrogens with zero attached hydrogens (tertiary/aromatic N) is 3. The van der Waals surface area contributed by atoms with Crippen molar-refractivity contribution >= 4 is 12.5 Å². The summed E-state index contributed by atoms with van der Waals surface area (Å²) in [4.78, 5) is 30.5. The van der Waals surface area contributed by atoms with Crippen molar-refractivity contribution in [2.75, 3.05) is 20.1 Å². The number of nitrogens with one attached hydrogen (secondary N) is 1. The van der Waals surface area contributed by atoms with Crippen molar-refractivity contribution in [2.45, 2.75) is 65.3 Å². The second-order valence-electron chi connectivity index (χ2n) is 10.2. The highest BCUT2D eigenvalue weighted by atomic mass is 16.6. The van der Waals surface area contributed by atoms with Gasteiger partial charge in [-0.15, -0.1) is 0 Å². The van der Waals surface area contributed by atoms with Gasteiger partial charge < -0.3 is 15.0 Å². The number of carbonyl (C=O) groups is 2. The minimum Gasteiger partial charge on any atom is -0.444 e. The zero-order chi connectivity index (χ0) is 24.6. The number of ether oxygens (including phenoxy) is 1. The van der Waals surface area contributed by atoms with Gasteiger partial charge in [0.1, 0.15) is 5.60 Å². The number of fused-ring (bicyclic) bond motifs is 1. The Bertz CT molecular complexity index is 935. The van der Waals surface area contributed by atoms with E-state index < -0.39 is 5.60 Å². The molecule has 0 bridgehead atoms. The molecule has 3 heterocycles. The van der Waals surface area contributed by atoms with Crippen molar-refractivity contribution in [3.8, 4) is 0 Å². The van der Waals surface area contributed by atoms with Crippen LogP contribution in [0.25, 0.3) is 0 Å². The van der Waals surface area contributed by atoms with Gasteiger partial charge in [-0.25, -0.2) is 4.79 Å². The number of amides is 2. The molecule has 2 amide bonds. The second kappa shape index (κ2) is 12.0. The molecule has 1 N–H and O–H groups in total. The molecule has 184 valence electrons. The Morgan fingerprint density at radius 2 is 1.76 bits per heavy atom. The molecule has 1 saturated heterocycles. The van der Waals surface area contributed by atoms with Gasteiger partial charge in [0.15, 0.2) is 0 Å². The summed E-state index contributed by atoms with van der Waals surface area (Å²) in [5.74, 6) is 0.883. The molecule has 0 unspecified atom stereocenters. The standard InChI is InChI=1S/C15H20N2O3.C12H18N2/c1-15(2,3)20-14(19)17-8-12-5-4-11(7-16-10-18)6-13(12)9-17;1-14-8-4-12(5-9-14)10-11-2-6-13-7-3-11/h4-6,10H,7-9H2,1-3H3,(H,16,18);2-3,6-7,12H,4-5,8-10H2,1H3. The fourth-order valence-corrected chi connectivity index (χ4v) is 4.29. The van der Waals surface area contributed by atoms with Crippen molar-refractivity contribution in [1.29, 1.82) is 0 Å². The summed E-state index contributed by atoms with van der Waals surface area (Å²) >= 11 is 0. The van der Waals surface area contributed by atoms with Gasteiger partial charge in [0.05, 0.1) is 0 Å². The van der Waals surface area contributed by atoms with Crippen molar-refractivity contribution in [1.82, 2.24) is 20.1 Å². The van der Waals surface area contributed by atoms with Crippen molar-refractivity contribution in [2.24, 2.45) is 5.92 Å². The molecule has 1 fully saturated rings. The maximum absolute atomic E-state index is 12.0. The Morgan fingerprint density at radius 3 is 2.41 bits per heavy atom. The summed E-state index contributed by atoms with van der Waals surface area (Å²) in [6.07, 6.45) is 8.10. The highest BCUT2D eigenvalue weighted by Gasteiger charge is 2.27. The fraction of sp³-hybridized carbons (Fsp3) is 0.519. The van der Waals surface area contributed by atoms with Crippen LogP contribution in [-0.2, 0) is 35.6 Å². The Labute approximate surface area is 203 Å². The number of rotatable bonds is 5. The second-order valence-corrected chi connectivity index (χ2v) is 10.2. The third-order valence-electron chi connectivity index (χ3n) is 6.15. The number of hydrogen-bond donors (Lipinski definition) is 1. The molecule has 2 aromatic rings. The summed E-state index contributed by atoms with van der Waals surface area (Å²) in [6, 6.07) is 10.3. The smallest absolute Gasteiger partial charge is 0.410 e. The number of carbonyl (C=O) groups excluding carboxylic acids is 2. The Kier molecular flexibility index (Phi) is 9.05. The summed E-state index contributed by atoms with van der Waals surface area (Å²) < 4.78 is 5.38. The summed E-state index contributed by atoms with van der Waals surface area (Å²) in [5, 5.41) is 2.63. The molecule has 2 aliphatic rings. The average Bonchev–Trinajstić information content (AvgIpc) is 3.23. The third kappa shape index (κ3) is 8.13. The predicted molar refractivity (Wildman–Crippen MR) is 133 cm³/mol. The normalized spacial score (nSPS) is 16.3. The van der Waals surface area contributed by atoms with E-state index in [0.717, 1.165) is 22.6 Å². The summed E-state index contributed by atoms with van der Waals surface area (Å²) in [6.45, 7) is 9.73. The van der Waals surface area contributed by atoms with E-state index in [1.54, 1.807) is 4.90 Å².